The summed E-state index contributed by atoms with van der Waals surface area (Å²) in [5.41, 5.74) is 12.2. The van der Waals surface area contributed by atoms with Gasteiger partial charge in [0.25, 0.3) is 0 Å². The van der Waals surface area contributed by atoms with Crippen molar-refractivity contribution in [1.82, 2.24) is 0 Å². The standard InChI is InChI=1S/C54H35NO/c1-3-14-36(15-4-1)37-26-29-42(30-27-37)55(52-34-41-18-7-8-21-44(41)45-22-9-11-24-47(45)52)43-20-13-19-39(32-43)40-28-31-53-50(33-40)51-35-49(38-16-5-2-6-17-38)46-23-10-12-25-48(46)54(51)56-53/h1-35H. The fraction of sp³-hybridized carbons (Fsp3) is 0. The van der Waals surface area contributed by atoms with Gasteiger partial charge in [-0.2, -0.15) is 0 Å². The summed E-state index contributed by atoms with van der Waals surface area (Å²) in [5, 5.41) is 9.46. The number of furan rings is 1. The van der Waals surface area contributed by atoms with Crippen LogP contribution in [0.15, 0.2) is 217 Å². The third-order valence-corrected chi connectivity index (χ3v) is 11.2. The van der Waals surface area contributed by atoms with E-state index in [0.29, 0.717) is 0 Å². The first-order chi connectivity index (χ1) is 27.8. The lowest BCUT2D eigenvalue weighted by Crippen LogP contribution is -2.10. The summed E-state index contributed by atoms with van der Waals surface area (Å²) in [6.07, 6.45) is 0. The van der Waals surface area contributed by atoms with E-state index in [1.54, 1.807) is 0 Å². The Hall–Kier alpha value is -7.42. The molecule has 56 heavy (non-hydrogen) atoms. The van der Waals surface area contributed by atoms with Crippen molar-refractivity contribution in [3.8, 4) is 33.4 Å². The maximum Gasteiger partial charge on any atom is 0.143 e. The number of anilines is 3. The first-order valence-corrected chi connectivity index (χ1v) is 19.2. The third kappa shape index (κ3) is 5.34. The molecule has 10 aromatic carbocycles. The average Bonchev–Trinajstić information content (AvgIpc) is 3.65. The van der Waals surface area contributed by atoms with Crippen molar-refractivity contribution in [2.75, 3.05) is 4.90 Å². The van der Waals surface area contributed by atoms with Gasteiger partial charge in [0.2, 0.25) is 0 Å². The van der Waals surface area contributed by atoms with E-state index in [2.05, 4.69) is 217 Å². The molecule has 0 radical (unpaired) electrons. The second kappa shape index (κ2) is 13.2. The van der Waals surface area contributed by atoms with Gasteiger partial charge in [-0.05, 0) is 103 Å². The summed E-state index contributed by atoms with van der Waals surface area (Å²) < 4.78 is 6.63. The smallest absolute Gasteiger partial charge is 0.143 e. The predicted molar refractivity (Wildman–Crippen MR) is 237 cm³/mol. The van der Waals surface area contributed by atoms with Crippen molar-refractivity contribution in [3.63, 3.8) is 0 Å². The molecule has 0 aliphatic carbocycles. The van der Waals surface area contributed by atoms with Crippen LogP contribution in [0, 0.1) is 0 Å². The van der Waals surface area contributed by atoms with Crippen molar-refractivity contribution in [2.24, 2.45) is 0 Å². The largest absolute Gasteiger partial charge is 0.455 e. The molecule has 0 N–H and O–H groups in total. The van der Waals surface area contributed by atoms with E-state index in [4.69, 9.17) is 4.42 Å². The van der Waals surface area contributed by atoms with Crippen molar-refractivity contribution >= 4 is 71.3 Å². The van der Waals surface area contributed by atoms with Crippen LogP contribution < -0.4 is 4.90 Å². The molecule has 0 saturated heterocycles. The van der Waals surface area contributed by atoms with Crippen LogP contribution in [-0.4, -0.2) is 0 Å². The van der Waals surface area contributed by atoms with Gasteiger partial charge >= 0.3 is 0 Å². The van der Waals surface area contributed by atoms with Gasteiger partial charge in [0.15, 0.2) is 0 Å². The summed E-state index contributed by atoms with van der Waals surface area (Å²) in [6, 6.07) is 76.4. The van der Waals surface area contributed by atoms with Crippen LogP contribution in [-0.2, 0) is 0 Å². The summed E-state index contributed by atoms with van der Waals surface area (Å²) >= 11 is 0. The van der Waals surface area contributed by atoms with Gasteiger partial charge in [-0.15, -0.1) is 0 Å². The first-order valence-electron chi connectivity index (χ1n) is 19.2. The molecule has 11 aromatic rings. The lowest BCUT2D eigenvalue weighted by molar-refractivity contribution is 0.673. The van der Waals surface area contributed by atoms with Gasteiger partial charge in [0.05, 0.1) is 5.69 Å². The highest BCUT2D eigenvalue weighted by molar-refractivity contribution is 6.20. The van der Waals surface area contributed by atoms with Crippen LogP contribution in [0.2, 0.25) is 0 Å². The van der Waals surface area contributed by atoms with E-state index >= 15 is 0 Å². The SMILES string of the molecule is c1ccc(-c2ccc(N(c3cccc(-c4ccc5oc6c7ccccc7c(-c7ccccc7)cc6c5c4)c3)c3cc4ccccc4c4ccccc34)cc2)cc1. The normalized spacial score (nSPS) is 11.6. The molecule has 0 aliphatic rings. The monoisotopic (exact) mass is 713 g/mol. The summed E-state index contributed by atoms with van der Waals surface area (Å²) in [7, 11) is 0. The van der Waals surface area contributed by atoms with E-state index < -0.39 is 0 Å². The number of hydrogen-bond acceptors (Lipinski definition) is 2. The van der Waals surface area contributed by atoms with Crippen LogP contribution in [0.1, 0.15) is 0 Å². The maximum atomic E-state index is 6.63. The molecule has 1 aromatic heterocycles. The van der Waals surface area contributed by atoms with Crippen molar-refractivity contribution < 1.29 is 4.42 Å². The predicted octanol–water partition coefficient (Wildman–Crippen LogP) is 15.5. The van der Waals surface area contributed by atoms with E-state index in [1.165, 1.54) is 49.2 Å². The molecule has 0 saturated carbocycles. The van der Waals surface area contributed by atoms with Crippen LogP contribution in [0.5, 0.6) is 0 Å². The molecule has 0 fully saturated rings. The van der Waals surface area contributed by atoms with Gasteiger partial charge in [0, 0.05) is 32.9 Å². The highest BCUT2D eigenvalue weighted by atomic mass is 16.3. The Labute approximate surface area is 325 Å². The Morgan fingerprint density at radius 1 is 0.304 bits per heavy atom. The molecule has 0 atom stereocenters. The Morgan fingerprint density at radius 3 is 1.68 bits per heavy atom. The zero-order chi connectivity index (χ0) is 37.0. The van der Waals surface area contributed by atoms with Crippen LogP contribution in [0.3, 0.4) is 0 Å². The number of nitrogens with zero attached hydrogens (tertiary/aromatic N) is 1. The van der Waals surface area contributed by atoms with Crippen LogP contribution in [0.4, 0.5) is 17.1 Å². The second-order valence-electron chi connectivity index (χ2n) is 14.5. The topological polar surface area (TPSA) is 16.4 Å². The minimum Gasteiger partial charge on any atom is -0.455 e. The average molecular weight is 714 g/mol. The molecule has 262 valence electrons. The summed E-state index contributed by atoms with van der Waals surface area (Å²) in [5.74, 6) is 0. The van der Waals surface area contributed by atoms with E-state index in [9.17, 15) is 0 Å². The fourth-order valence-electron chi connectivity index (χ4n) is 8.54. The highest BCUT2D eigenvalue weighted by Gasteiger charge is 2.19. The maximum absolute atomic E-state index is 6.63. The van der Waals surface area contributed by atoms with Gasteiger partial charge in [-0.1, -0.05) is 164 Å². The van der Waals surface area contributed by atoms with E-state index in [1.807, 2.05) is 0 Å². The molecule has 2 heteroatoms. The molecule has 0 bridgehead atoms. The molecular weight excluding hydrogens is 679 g/mol. The minimum atomic E-state index is 0.887. The quantitative estimate of drug-likeness (QED) is 0.160. The highest BCUT2D eigenvalue weighted by Crippen LogP contribution is 2.45. The number of hydrogen-bond donors (Lipinski definition) is 0. The van der Waals surface area contributed by atoms with Crippen LogP contribution in [0.25, 0.3) is 87.6 Å². The Morgan fingerprint density at radius 2 is 0.893 bits per heavy atom. The van der Waals surface area contributed by atoms with Crippen LogP contribution >= 0.6 is 0 Å². The first kappa shape index (κ1) is 32.0. The van der Waals surface area contributed by atoms with Crippen molar-refractivity contribution in [3.05, 3.63) is 212 Å². The lowest BCUT2D eigenvalue weighted by Gasteiger charge is -2.28. The molecule has 1 heterocycles. The molecule has 0 spiro atoms. The Bertz CT molecular complexity index is 3230. The molecule has 0 amide bonds. The number of fused-ring (bicyclic) bond motifs is 8. The zero-order valence-corrected chi connectivity index (χ0v) is 30.6. The minimum absolute atomic E-state index is 0.887. The summed E-state index contributed by atoms with van der Waals surface area (Å²) in [6.45, 7) is 0. The van der Waals surface area contributed by atoms with Gasteiger partial charge in [0.1, 0.15) is 11.2 Å². The molecular formula is C54H35NO. The van der Waals surface area contributed by atoms with E-state index in [0.717, 1.165) is 55.5 Å². The molecule has 2 nitrogen and oxygen atoms in total. The van der Waals surface area contributed by atoms with Gasteiger partial charge in [-0.3, -0.25) is 0 Å². The van der Waals surface area contributed by atoms with E-state index in [-0.39, 0.29) is 0 Å². The third-order valence-electron chi connectivity index (χ3n) is 11.2. The number of rotatable bonds is 6. The van der Waals surface area contributed by atoms with Crippen molar-refractivity contribution in [1.29, 1.82) is 0 Å². The number of benzene rings is 10. The molecule has 0 unspecified atom stereocenters. The lowest BCUT2D eigenvalue weighted by atomic mass is 9.95. The zero-order valence-electron chi connectivity index (χ0n) is 30.6. The molecule has 11 rings (SSSR count). The second-order valence-corrected chi connectivity index (χ2v) is 14.5. The fourth-order valence-corrected chi connectivity index (χ4v) is 8.54. The van der Waals surface area contributed by atoms with Crippen molar-refractivity contribution in [2.45, 2.75) is 0 Å². The Kier molecular flexibility index (Phi) is 7.53. The summed E-state index contributed by atoms with van der Waals surface area (Å²) in [4.78, 5) is 2.41. The Balaban J connectivity index is 1.09. The van der Waals surface area contributed by atoms with Gasteiger partial charge < -0.3 is 9.32 Å². The molecule has 0 aliphatic heterocycles. The van der Waals surface area contributed by atoms with Gasteiger partial charge in [-0.25, -0.2) is 0 Å².